The number of carbonyl (C=O) groups is 2. The summed E-state index contributed by atoms with van der Waals surface area (Å²) in [6.07, 6.45) is 6.66. The van der Waals surface area contributed by atoms with E-state index in [-0.39, 0.29) is 18.0 Å². The van der Waals surface area contributed by atoms with E-state index in [1.807, 2.05) is 42.5 Å². The normalized spacial score (nSPS) is 19.9. The number of amides is 1. The van der Waals surface area contributed by atoms with Gasteiger partial charge in [0.1, 0.15) is 0 Å². The monoisotopic (exact) mass is 366 g/mol. The molecule has 2 heterocycles. The molecule has 27 heavy (non-hydrogen) atoms. The summed E-state index contributed by atoms with van der Waals surface area (Å²) in [6, 6.07) is 12.5. The van der Waals surface area contributed by atoms with Crippen molar-refractivity contribution in [2.24, 2.45) is 5.41 Å². The third kappa shape index (κ3) is 4.34. The highest BCUT2D eigenvalue weighted by Crippen LogP contribution is 2.35. The lowest BCUT2D eigenvalue weighted by Crippen LogP contribution is -2.49. The Morgan fingerprint density at radius 1 is 1.19 bits per heavy atom. The molecule has 1 amide bonds. The number of carboxylic acids is 1. The van der Waals surface area contributed by atoms with Crippen molar-refractivity contribution < 1.29 is 14.7 Å². The number of piperidine rings is 1. The number of likely N-dealkylation sites (tertiary alicyclic amines) is 1. The Morgan fingerprint density at radius 2 is 1.96 bits per heavy atom. The van der Waals surface area contributed by atoms with Crippen LogP contribution in [-0.2, 0) is 4.79 Å². The zero-order valence-corrected chi connectivity index (χ0v) is 14.9. The molecule has 140 valence electrons. The molecule has 0 spiro atoms. The Balaban J connectivity index is 1.76. The molecule has 6 heteroatoms. The van der Waals surface area contributed by atoms with Gasteiger partial charge in [0.15, 0.2) is 0 Å². The standard InChI is InChI=1S/C21H22N2O4/c24-18-10-9-17(14-22-18)19(25)23-13-5-12-21(15-23,20(26)27)11-4-8-16-6-2-1-3-7-16/h1-4,6-10,14H,5,11-13,15H2,(H,22,24)(H,26,27)/b8-4+. The van der Waals surface area contributed by atoms with Gasteiger partial charge in [0.25, 0.3) is 5.91 Å². The highest BCUT2D eigenvalue weighted by atomic mass is 16.4. The number of H-pyrrole nitrogens is 1. The molecule has 1 aliphatic heterocycles. The number of carboxylic acid groups (broad SMARTS) is 1. The predicted octanol–water partition coefficient (Wildman–Crippen LogP) is 2.79. The second-order valence-electron chi connectivity index (χ2n) is 6.87. The Kier molecular flexibility index (Phi) is 5.54. The first kappa shape index (κ1) is 18.6. The SMILES string of the molecule is O=C(c1ccc(=O)[nH]c1)N1CCCC(C/C=C/c2ccccc2)(C(=O)O)C1. The molecule has 0 radical (unpaired) electrons. The van der Waals surface area contributed by atoms with Gasteiger partial charge in [-0.1, -0.05) is 42.5 Å². The minimum Gasteiger partial charge on any atom is -0.481 e. The number of rotatable bonds is 5. The second kappa shape index (κ2) is 8.03. The van der Waals surface area contributed by atoms with E-state index >= 15 is 0 Å². The first-order valence-electron chi connectivity index (χ1n) is 8.93. The molecule has 1 fully saturated rings. The lowest BCUT2D eigenvalue weighted by Gasteiger charge is -2.39. The minimum absolute atomic E-state index is 0.152. The number of nitrogens with zero attached hydrogens (tertiary/aromatic N) is 1. The number of aromatic nitrogens is 1. The number of hydrogen-bond donors (Lipinski definition) is 2. The van der Waals surface area contributed by atoms with Crippen LogP contribution in [0.1, 0.15) is 35.2 Å². The van der Waals surface area contributed by atoms with Gasteiger partial charge in [0.2, 0.25) is 5.56 Å². The van der Waals surface area contributed by atoms with Crippen LogP contribution in [0.25, 0.3) is 6.08 Å². The summed E-state index contributed by atoms with van der Waals surface area (Å²) in [7, 11) is 0. The molecule has 1 aliphatic rings. The predicted molar refractivity (Wildman–Crippen MR) is 102 cm³/mol. The van der Waals surface area contributed by atoms with Crippen molar-refractivity contribution in [3.05, 3.63) is 76.2 Å². The molecule has 6 nitrogen and oxygen atoms in total. The van der Waals surface area contributed by atoms with Crippen molar-refractivity contribution in [1.82, 2.24) is 9.88 Å². The third-order valence-electron chi connectivity index (χ3n) is 4.97. The van der Waals surface area contributed by atoms with Crippen LogP contribution in [0.2, 0.25) is 0 Å². The zero-order chi connectivity index (χ0) is 19.3. The average Bonchev–Trinajstić information content (AvgIpc) is 2.69. The number of carbonyl (C=O) groups excluding carboxylic acids is 1. The molecule has 1 unspecified atom stereocenters. The van der Waals surface area contributed by atoms with Gasteiger partial charge in [-0.25, -0.2) is 0 Å². The molecule has 2 N–H and O–H groups in total. The summed E-state index contributed by atoms with van der Waals surface area (Å²) in [5, 5.41) is 9.87. The number of hydrogen-bond acceptors (Lipinski definition) is 3. The van der Waals surface area contributed by atoms with E-state index in [0.29, 0.717) is 31.4 Å². The number of benzene rings is 1. The fourth-order valence-electron chi connectivity index (χ4n) is 3.44. The molecule has 0 saturated carbocycles. The number of aliphatic carboxylic acids is 1. The summed E-state index contributed by atoms with van der Waals surface area (Å²) in [5.74, 6) is -1.15. The van der Waals surface area contributed by atoms with Crippen molar-refractivity contribution in [2.45, 2.75) is 19.3 Å². The summed E-state index contributed by atoms with van der Waals surface area (Å²) >= 11 is 0. The van der Waals surface area contributed by atoms with Crippen LogP contribution in [-0.4, -0.2) is 40.0 Å². The smallest absolute Gasteiger partial charge is 0.311 e. The summed E-state index contributed by atoms with van der Waals surface area (Å²) in [4.78, 5) is 40.0. The van der Waals surface area contributed by atoms with E-state index in [2.05, 4.69) is 4.98 Å². The van der Waals surface area contributed by atoms with Crippen LogP contribution < -0.4 is 5.56 Å². The van der Waals surface area contributed by atoms with E-state index in [1.165, 1.54) is 18.3 Å². The molecule has 1 aromatic carbocycles. The van der Waals surface area contributed by atoms with E-state index in [9.17, 15) is 19.5 Å². The Labute approximate surface area is 157 Å². The first-order chi connectivity index (χ1) is 13.0. The summed E-state index contributed by atoms with van der Waals surface area (Å²) in [5.41, 5.74) is 0.0863. The van der Waals surface area contributed by atoms with Crippen LogP contribution in [0.3, 0.4) is 0 Å². The number of aromatic amines is 1. The van der Waals surface area contributed by atoms with E-state index < -0.39 is 11.4 Å². The van der Waals surface area contributed by atoms with Crippen LogP contribution in [0.4, 0.5) is 0 Å². The lowest BCUT2D eigenvalue weighted by molar-refractivity contribution is -0.151. The summed E-state index contributed by atoms with van der Waals surface area (Å²) in [6.45, 7) is 0.662. The molecule has 2 aromatic rings. The quantitative estimate of drug-likeness (QED) is 0.851. The van der Waals surface area contributed by atoms with Crippen molar-refractivity contribution in [2.75, 3.05) is 13.1 Å². The van der Waals surface area contributed by atoms with Gasteiger partial charge >= 0.3 is 5.97 Å². The fraction of sp³-hybridized carbons (Fsp3) is 0.286. The maximum absolute atomic E-state index is 12.7. The van der Waals surface area contributed by atoms with Gasteiger partial charge in [-0.3, -0.25) is 14.4 Å². The Bertz CT molecular complexity index is 883. The molecule has 1 atom stereocenters. The lowest BCUT2D eigenvalue weighted by atomic mass is 9.76. The Morgan fingerprint density at radius 3 is 2.63 bits per heavy atom. The van der Waals surface area contributed by atoms with Crippen LogP contribution in [0, 0.1) is 5.41 Å². The average molecular weight is 366 g/mol. The van der Waals surface area contributed by atoms with Crippen LogP contribution in [0.5, 0.6) is 0 Å². The highest BCUT2D eigenvalue weighted by molar-refractivity contribution is 5.94. The van der Waals surface area contributed by atoms with Gasteiger partial charge in [-0.2, -0.15) is 0 Å². The van der Waals surface area contributed by atoms with Gasteiger partial charge < -0.3 is 15.0 Å². The summed E-state index contributed by atoms with van der Waals surface area (Å²) < 4.78 is 0. The largest absolute Gasteiger partial charge is 0.481 e. The zero-order valence-electron chi connectivity index (χ0n) is 14.9. The van der Waals surface area contributed by atoms with Crippen molar-refractivity contribution in [3.63, 3.8) is 0 Å². The maximum atomic E-state index is 12.7. The molecule has 0 aliphatic carbocycles. The molecule has 1 saturated heterocycles. The van der Waals surface area contributed by atoms with Crippen molar-refractivity contribution in [1.29, 1.82) is 0 Å². The topological polar surface area (TPSA) is 90.5 Å². The Hall–Kier alpha value is -3.15. The molecule has 1 aromatic heterocycles. The highest BCUT2D eigenvalue weighted by Gasteiger charge is 2.42. The van der Waals surface area contributed by atoms with Gasteiger partial charge in [0.05, 0.1) is 11.0 Å². The molecular weight excluding hydrogens is 344 g/mol. The second-order valence-corrected chi connectivity index (χ2v) is 6.87. The minimum atomic E-state index is -0.999. The molecular formula is C21H22N2O4. The number of allylic oxidation sites excluding steroid dienone is 1. The first-order valence-corrected chi connectivity index (χ1v) is 8.93. The van der Waals surface area contributed by atoms with Gasteiger partial charge in [-0.15, -0.1) is 0 Å². The van der Waals surface area contributed by atoms with E-state index in [1.54, 1.807) is 4.90 Å². The van der Waals surface area contributed by atoms with Gasteiger partial charge in [-0.05, 0) is 30.9 Å². The fourth-order valence-corrected chi connectivity index (χ4v) is 3.44. The third-order valence-corrected chi connectivity index (χ3v) is 4.97. The number of pyridine rings is 1. The molecule has 0 bridgehead atoms. The van der Waals surface area contributed by atoms with Crippen LogP contribution >= 0.6 is 0 Å². The van der Waals surface area contributed by atoms with E-state index in [4.69, 9.17) is 0 Å². The van der Waals surface area contributed by atoms with Crippen molar-refractivity contribution >= 4 is 18.0 Å². The number of nitrogens with one attached hydrogen (secondary N) is 1. The van der Waals surface area contributed by atoms with Crippen LogP contribution in [0.15, 0.2) is 59.5 Å². The van der Waals surface area contributed by atoms with Crippen molar-refractivity contribution in [3.8, 4) is 0 Å². The van der Waals surface area contributed by atoms with E-state index in [0.717, 1.165) is 5.56 Å². The molecule has 3 rings (SSSR count). The maximum Gasteiger partial charge on any atom is 0.311 e. The van der Waals surface area contributed by atoms with Gasteiger partial charge in [0, 0.05) is 25.4 Å².